The van der Waals surface area contributed by atoms with E-state index in [0.717, 1.165) is 5.92 Å². The van der Waals surface area contributed by atoms with Crippen molar-refractivity contribution >= 4 is 0 Å². The van der Waals surface area contributed by atoms with Gasteiger partial charge in [0.05, 0.1) is 0 Å². The third-order valence-corrected chi connectivity index (χ3v) is 3.53. The standard InChI is InChI=1S/C13H28/c1-6-10-13(7-2,8-3)11-9-12(4)5/h12H,6-11H2,1-5H3. The van der Waals surface area contributed by atoms with Crippen molar-refractivity contribution in [1.29, 1.82) is 0 Å². The molecule has 0 radical (unpaired) electrons. The van der Waals surface area contributed by atoms with Crippen LogP contribution in [-0.2, 0) is 0 Å². The van der Waals surface area contributed by atoms with Crippen LogP contribution in [0.25, 0.3) is 0 Å². The predicted octanol–water partition coefficient (Wildman–Crippen LogP) is 5.03. The third kappa shape index (κ3) is 4.69. The van der Waals surface area contributed by atoms with E-state index >= 15 is 0 Å². The summed E-state index contributed by atoms with van der Waals surface area (Å²) in [5, 5.41) is 0. The third-order valence-electron chi connectivity index (χ3n) is 3.53. The van der Waals surface area contributed by atoms with Gasteiger partial charge in [-0.05, 0) is 24.2 Å². The maximum atomic E-state index is 2.36. The molecule has 0 N–H and O–H groups in total. The summed E-state index contributed by atoms with van der Waals surface area (Å²) < 4.78 is 0. The summed E-state index contributed by atoms with van der Waals surface area (Å²) in [5.74, 6) is 0.870. The molecule has 0 aliphatic carbocycles. The van der Waals surface area contributed by atoms with E-state index in [1.807, 2.05) is 0 Å². The fourth-order valence-electron chi connectivity index (χ4n) is 2.21. The maximum Gasteiger partial charge on any atom is -0.0303 e. The highest BCUT2D eigenvalue weighted by Gasteiger charge is 2.24. The molecule has 0 aromatic rings. The van der Waals surface area contributed by atoms with Gasteiger partial charge in [0.2, 0.25) is 0 Å². The number of hydrogen-bond acceptors (Lipinski definition) is 0. The normalized spacial score (nSPS) is 12.5. The number of rotatable bonds is 7. The minimum atomic E-state index is 0.666. The molecule has 0 spiro atoms. The Kier molecular flexibility index (Phi) is 6.45. The predicted molar refractivity (Wildman–Crippen MR) is 62.0 cm³/mol. The smallest absolute Gasteiger partial charge is 0.0303 e. The molecule has 0 saturated carbocycles. The van der Waals surface area contributed by atoms with Gasteiger partial charge in [-0.2, -0.15) is 0 Å². The van der Waals surface area contributed by atoms with Gasteiger partial charge in [0.15, 0.2) is 0 Å². The van der Waals surface area contributed by atoms with Crippen molar-refractivity contribution in [3.8, 4) is 0 Å². The highest BCUT2D eigenvalue weighted by atomic mass is 14.3. The van der Waals surface area contributed by atoms with Crippen LogP contribution in [0.4, 0.5) is 0 Å². The molecule has 80 valence electrons. The van der Waals surface area contributed by atoms with Crippen molar-refractivity contribution < 1.29 is 0 Å². The fraction of sp³-hybridized carbons (Fsp3) is 1.00. The Labute approximate surface area is 85.1 Å². The molecule has 0 nitrogen and oxygen atoms in total. The molecule has 0 heteroatoms. The van der Waals surface area contributed by atoms with Gasteiger partial charge in [-0.1, -0.05) is 60.3 Å². The summed E-state index contributed by atoms with van der Waals surface area (Å²) in [5.41, 5.74) is 0.666. The van der Waals surface area contributed by atoms with E-state index in [-0.39, 0.29) is 0 Å². The van der Waals surface area contributed by atoms with Crippen LogP contribution in [0.15, 0.2) is 0 Å². The Morgan fingerprint density at radius 3 is 1.77 bits per heavy atom. The maximum absolute atomic E-state index is 2.36. The van der Waals surface area contributed by atoms with Crippen LogP contribution in [0.1, 0.15) is 73.1 Å². The molecule has 0 saturated heterocycles. The molecule has 0 amide bonds. The zero-order chi connectivity index (χ0) is 10.3. The average Bonchev–Trinajstić information content (AvgIpc) is 2.12. The minimum Gasteiger partial charge on any atom is -0.0654 e. The Balaban J connectivity index is 4.04. The van der Waals surface area contributed by atoms with Crippen molar-refractivity contribution in [2.75, 3.05) is 0 Å². The monoisotopic (exact) mass is 184 g/mol. The van der Waals surface area contributed by atoms with Crippen molar-refractivity contribution in [3.05, 3.63) is 0 Å². The van der Waals surface area contributed by atoms with Crippen LogP contribution in [0.5, 0.6) is 0 Å². The van der Waals surface area contributed by atoms with Crippen molar-refractivity contribution in [2.24, 2.45) is 11.3 Å². The summed E-state index contributed by atoms with van der Waals surface area (Å²) in [7, 11) is 0. The average molecular weight is 184 g/mol. The Morgan fingerprint density at radius 1 is 0.923 bits per heavy atom. The lowest BCUT2D eigenvalue weighted by Crippen LogP contribution is -2.19. The van der Waals surface area contributed by atoms with Crippen LogP contribution in [0, 0.1) is 11.3 Å². The molecule has 0 aliphatic heterocycles. The van der Waals surface area contributed by atoms with E-state index in [1.165, 1.54) is 38.5 Å². The molecule has 0 rings (SSSR count). The summed E-state index contributed by atoms with van der Waals surface area (Å²) in [6.07, 6.45) is 8.34. The van der Waals surface area contributed by atoms with Crippen molar-refractivity contribution in [3.63, 3.8) is 0 Å². The first-order valence-corrected chi connectivity index (χ1v) is 6.10. The second-order valence-corrected chi connectivity index (χ2v) is 4.89. The first-order valence-electron chi connectivity index (χ1n) is 6.10. The zero-order valence-corrected chi connectivity index (χ0v) is 10.3. The first-order chi connectivity index (χ1) is 6.10. The Bertz CT molecular complexity index is 109. The topological polar surface area (TPSA) is 0 Å². The van der Waals surface area contributed by atoms with Gasteiger partial charge in [0, 0.05) is 0 Å². The van der Waals surface area contributed by atoms with E-state index in [1.54, 1.807) is 0 Å². The largest absolute Gasteiger partial charge is 0.0654 e. The second-order valence-electron chi connectivity index (χ2n) is 4.89. The molecule has 0 aromatic carbocycles. The van der Waals surface area contributed by atoms with Gasteiger partial charge in [0.1, 0.15) is 0 Å². The molecular weight excluding hydrogens is 156 g/mol. The Hall–Kier alpha value is 0. The van der Waals surface area contributed by atoms with Crippen molar-refractivity contribution in [1.82, 2.24) is 0 Å². The van der Waals surface area contributed by atoms with Gasteiger partial charge >= 0.3 is 0 Å². The van der Waals surface area contributed by atoms with Gasteiger partial charge in [-0.3, -0.25) is 0 Å². The summed E-state index contributed by atoms with van der Waals surface area (Å²) >= 11 is 0. The van der Waals surface area contributed by atoms with Crippen molar-refractivity contribution in [2.45, 2.75) is 73.1 Å². The molecule has 0 fully saturated rings. The lowest BCUT2D eigenvalue weighted by atomic mass is 9.74. The van der Waals surface area contributed by atoms with E-state index in [9.17, 15) is 0 Å². The van der Waals surface area contributed by atoms with Crippen LogP contribution in [0.3, 0.4) is 0 Å². The summed E-state index contributed by atoms with van der Waals surface area (Å²) in [6.45, 7) is 11.7. The van der Waals surface area contributed by atoms with E-state index in [0.29, 0.717) is 5.41 Å². The molecule has 0 bridgehead atoms. The van der Waals surface area contributed by atoms with E-state index in [2.05, 4.69) is 34.6 Å². The summed E-state index contributed by atoms with van der Waals surface area (Å²) in [6, 6.07) is 0. The minimum absolute atomic E-state index is 0.666. The molecule has 0 aliphatic rings. The lowest BCUT2D eigenvalue weighted by Gasteiger charge is -2.32. The molecule has 0 heterocycles. The first kappa shape index (κ1) is 13.0. The van der Waals surface area contributed by atoms with Crippen LogP contribution < -0.4 is 0 Å². The van der Waals surface area contributed by atoms with Crippen LogP contribution in [0.2, 0.25) is 0 Å². The molecule has 13 heavy (non-hydrogen) atoms. The fourth-order valence-corrected chi connectivity index (χ4v) is 2.21. The number of hydrogen-bond donors (Lipinski definition) is 0. The van der Waals surface area contributed by atoms with Crippen LogP contribution >= 0.6 is 0 Å². The van der Waals surface area contributed by atoms with E-state index < -0.39 is 0 Å². The van der Waals surface area contributed by atoms with E-state index in [4.69, 9.17) is 0 Å². The molecular formula is C13H28. The SMILES string of the molecule is CCCC(CC)(CC)CCC(C)C. The molecule has 0 atom stereocenters. The molecule has 0 aromatic heterocycles. The summed E-state index contributed by atoms with van der Waals surface area (Å²) in [4.78, 5) is 0. The zero-order valence-electron chi connectivity index (χ0n) is 10.3. The van der Waals surface area contributed by atoms with Crippen LogP contribution in [-0.4, -0.2) is 0 Å². The van der Waals surface area contributed by atoms with Gasteiger partial charge in [0.25, 0.3) is 0 Å². The molecule has 0 unspecified atom stereocenters. The quantitative estimate of drug-likeness (QED) is 0.520. The lowest BCUT2D eigenvalue weighted by molar-refractivity contribution is 0.200. The highest BCUT2D eigenvalue weighted by Crippen LogP contribution is 2.37. The van der Waals surface area contributed by atoms with Gasteiger partial charge in [-0.15, -0.1) is 0 Å². The highest BCUT2D eigenvalue weighted by molar-refractivity contribution is 4.76. The van der Waals surface area contributed by atoms with Gasteiger partial charge in [-0.25, -0.2) is 0 Å². The second kappa shape index (κ2) is 6.45. The van der Waals surface area contributed by atoms with Gasteiger partial charge < -0.3 is 0 Å². The Morgan fingerprint density at radius 2 is 1.46 bits per heavy atom.